The minimum atomic E-state index is -2.38. The number of halogens is 2. The summed E-state index contributed by atoms with van der Waals surface area (Å²) in [7, 11) is 0. The number of hydrogen-bond acceptors (Lipinski definition) is 3. The summed E-state index contributed by atoms with van der Waals surface area (Å²) in [6.45, 7) is 6.27. The lowest BCUT2D eigenvalue weighted by Gasteiger charge is -2.26. The van der Waals surface area contributed by atoms with Gasteiger partial charge < -0.3 is 4.90 Å². The Labute approximate surface area is 138 Å². The van der Waals surface area contributed by atoms with Crippen molar-refractivity contribution in [3.05, 3.63) is 11.3 Å². The lowest BCUT2D eigenvalue weighted by molar-refractivity contribution is 0.159. The Bertz CT molecular complexity index is 426. The van der Waals surface area contributed by atoms with Gasteiger partial charge in [-0.2, -0.15) is 0 Å². The predicted octanol–water partition coefficient (Wildman–Crippen LogP) is 4.34. The van der Waals surface area contributed by atoms with Gasteiger partial charge in [0.15, 0.2) is 0 Å². The van der Waals surface area contributed by atoms with Crippen molar-refractivity contribution >= 4 is 12.9 Å². The lowest BCUT2D eigenvalue weighted by Crippen LogP contribution is -2.28. The highest BCUT2D eigenvalue weighted by Gasteiger charge is 2.18. The van der Waals surface area contributed by atoms with Gasteiger partial charge in [-0.3, -0.25) is 9.98 Å². The Morgan fingerprint density at radius 1 is 1.17 bits per heavy atom. The molecule has 0 radical (unpaired) electrons. The highest BCUT2D eigenvalue weighted by atomic mass is 19.3. The molecule has 0 amide bonds. The Balaban J connectivity index is 1.81. The van der Waals surface area contributed by atoms with Gasteiger partial charge in [-0.05, 0) is 37.6 Å². The Morgan fingerprint density at radius 2 is 1.91 bits per heavy atom. The molecule has 0 aromatic rings. The van der Waals surface area contributed by atoms with Crippen molar-refractivity contribution in [3.63, 3.8) is 0 Å². The van der Waals surface area contributed by atoms with Crippen molar-refractivity contribution in [3.8, 4) is 0 Å². The molecule has 2 rings (SSSR count). The van der Waals surface area contributed by atoms with E-state index < -0.39 is 13.0 Å². The van der Waals surface area contributed by atoms with Gasteiger partial charge in [-0.1, -0.05) is 32.1 Å². The zero-order chi connectivity index (χ0) is 16.5. The van der Waals surface area contributed by atoms with E-state index in [1.807, 2.05) is 0 Å². The summed E-state index contributed by atoms with van der Waals surface area (Å²) in [6.07, 6.45) is 9.10. The van der Waals surface area contributed by atoms with Crippen LogP contribution in [0.3, 0.4) is 0 Å². The van der Waals surface area contributed by atoms with Gasteiger partial charge in [-0.25, -0.2) is 8.78 Å². The number of alkyl halides is 2. The molecule has 23 heavy (non-hydrogen) atoms. The van der Waals surface area contributed by atoms with Gasteiger partial charge >= 0.3 is 0 Å². The molecule has 130 valence electrons. The highest BCUT2D eigenvalue weighted by molar-refractivity contribution is 5.80. The summed E-state index contributed by atoms with van der Waals surface area (Å²) in [5.74, 6) is 0.893. The SMILES string of the molecule is C=NC1=C(C=NCC(F)F)CCN(CCC2CCCCC2)CC1. The van der Waals surface area contributed by atoms with E-state index in [9.17, 15) is 8.78 Å². The van der Waals surface area contributed by atoms with Crippen molar-refractivity contribution in [1.29, 1.82) is 0 Å². The van der Waals surface area contributed by atoms with Gasteiger partial charge in [0.05, 0.1) is 6.54 Å². The lowest BCUT2D eigenvalue weighted by atomic mass is 9.87. The molecule has 3 nitrogen and oxygen atoms in total. The molecule has 0 atom stereocenters. The fraction of sp³-hybridized carbons (Fsp3) is 0.778. The van der Waals surface area contributed by atoms with E-state index >= 15 is 0 Å². The van der Waals surface area contributed by atoms with Crippen LogP contribution in [0.2, 0.25) is 0 Å². The Hall–Kier alpha value is -1.10. The van der Waals surface area contributed by atoms with E-state index in [1.165, 1.54) is 38.5 Å². The normalized spacial score (nSPS) is 22.0. The smallest absolute Gasteiger partial charge is 0.257 e. The minimum absolute atomic E-state index is 0.431. The second kappa shape index (κ2) is 9.91. The largest absolute Gasteiger partial charge is 0.303 e. The summed E-state index contributed by atoms with van der Waals surface area (Å²) in [6, 6.07) is 0. The third-order valence-electron chi connectivity index (χ3n) is 4.99. The van der Waals surface area contributed by atoms with Crippen LogP contribution in [0, 0.1) is 5.92 Å². The first-order chi connectivity index (χ1) is 11.2. The summed E-state index contributed by atoms with van der Waals surface area (Å²) in [5.41, 5.74) is 1.89. The molecule has 2 aliphatic rings. The maximum Gasteiger partial charge on any atom is 0.257 e. The third-order valence-corrected chi connectivity index (χ3v) is 4.99. The minimum Gasteiger partial charge on any atom is -0.303 e. The van der Waals surface area contributed by atoms with Crippen molar-refractivity contribution in [2.24, 2.45) is 15.9 Å². The molecule has 1 aliphatic heterocycles. The molecular formula is C18H29F2N3. The van der Waals surface area contributed by atoms with E-state index in [4.69, 9.17) is 0 Å². The second-order valence-corrected chi connectivity index (χ2v) is 6.65. The van der Waals surface area contributed by atoms with Crippen LogP contribution in [-0.2, 0) is 0 Å². The van der Waals surface area contributed by atoms with Gasteiger partial charge in [-0.15, -0.1) is 0 Å². The van der Waals surface area contributed by atoms with Crippen LogP contribution < -0.4 is 0 Å². The monoisotopic (exact) mass is 325 g/mol. The molecule has 1 fully saturated rings. The summed E-state index contributed by atoms with van der Waals surface area (Å²) < 4.78 is 24.4. The molecule has 0 unspecified atom stereocenters. The maximum absolute atomic E-state index is 12.2. The van der Waals surface area contributed by atoms with E-state index in [-0.39, 0.29) is 0 Å². The summed E-state index contributed by atoms with van der Waals surface area (Å²) in [4.78, 5) is 10.4. The maximum atomic E-state index is 12.2. The zero-order valence-corrected chi connectivity index (χ0v) is 14.0. The van der Waals surface area contributed by atoms with Crippen LogP contribution in [0.15, 0.2) is 21.3 Å². The third kappa shape index (κ3) is 6.50. The van der Waals surface area contributed by atoms with E-state index in [0.717, 1.165) is 49.7 Å². The van der Waals surface area contributed by atoms with E-state index in [2.05, 4.69) is 21.6 Å². The number of rotatable bonds is 7. The molecule has 0 aromatic carbocycles. The molecule has 0 saturated heterocycles. The zero-order valence-electron chi connectivity index (χ0n) is 14.0. The quantitative estimate of drug-likeness (QED) is 0.640. The fourth-order valence-electron chi connectivity index (χ4n) is 3.59. The average Bonchev–Trinajstić information content (AvgIpc) is 2.76. The molecule has 1 heterocycles. The molecule has 0 bridgehead atoms. The molecular weight excluding hydrogens is 296 g/mol. The highest BCUT2D eigenvalue weighted by Crippen LogP contribution is 2.27. The Kier molecular flexibility index (Phi) is 7.86. The van der Waals surface area contributed by atoms with Crippen LogP contribution in [0.4, 0.5) is 8.78 Å². The molecule has 5 heteroatoms. The van der Waals surface area contributed by atoms with Crippen molar-refractivity contribution in [2.75, 3.05) is 26.2 Å². The summed E-state index contributed by atoms with van der Waals surface area (Å²) >= 11 is 0. The standard InChI is InChI=1S/C18H29F2N3/c1-21-17-9-12-23(10-7-15-5-3-2-4-6-15)11-8-16(17)13-22-14-18(19)20/h13,15,18H,1-12,14H2. The van der Waals surface area contributed by atoms with Gasteiger partial charge in [0.1, 0.15) is 0 Å². The first kappa shape index (κ1) is 18.2. The number of hydrogen-bond donors (Lipinski definition) is 0. The van der Waals surface area contributed by atoms with Crippen LogP contribution in [-0.4, -0.2) is 50.4 Å². The first-order valence-electron chi connectivity index (χ1n) is 8.88. The fourth-order valence-corrected chi connectivity index (χ4v) is 3.59. The summed E-state index contributed by atoms with van der Waals surface area (Å²) in [5, 5.41) is 0. The molecule has 0 N–H and O–H groups in total. The molecule has 0 spiro atoms. The van der Waals surface area contributed by atoms with Gasteiger partial charge in [0, 0.05) is 31.4 Å². The molecule has 1 aliphatic carbocycles. The first-order valence-corrected chi connectivity index (χ1v) is 8.88. The van der Waals surface area contributed by atoms with E-state index in [0.29, 0.717) is 0 Å². The predicted molar refractivity (Wildman–Crippen MR) is 92.8 cm³/mol. The topological polar surface area (TPSA) is 28.0 Å². The number of aliphatic imine (C=N–C) groups is 2. The van der Waals surface area contributed by atoms with E-state index in [1.54, 1.807) is 6.21 Å². The molecule has 0 aromatic heterocycles. The van der Waals surface area contributed by atoms with Crippen LogP contribution >= 0.6 is 0 Å². The molecule has 1 saturated carbocycles. The second-order valence-electron chi connectivity index (χ2n) is 6.65. The van der Waals surface area contributed by atoms with Gasteiger partial charge in [0.2, 0.25) is 0 Å². The Morgan fingerprint density at radius 3 is 2.61 bits per heavy atom. The van der Waals surface area contributed by atoms with Crippen molar-refractivity contribution in [2.45, 2.75) is 57.8 Å². The number of nitrogens with zero attached hydrogens (tertiary/aromatic N) is 3. The van der Waals surface area contributed by atoms with Gasteiger partial charge in [0.25, 0.3) is 6.43 Å². The van der Waals surface area contributed by atoms with Crippen molar-refractivity contribution in [1.82, 2.24) is 4.90 Å². The average molecular weight is 325 g/mol. The van der Waals surface area contributed by atoms with Crippen LogP contribution in [0.25, 0.3) is 0 Å². The van der Waals surface area contributed by atoms with Crippen molar-refractivity contribution < 1.29 is 8.78 Å². The van der Waals surface area contributed by atoms with Crippen LogP contribution in [0.1, 0.15) is 51.4 Å². The van der Waals surface area contributed by atoms with Crippen LogP contribution in [0.5, 0.6) is 0 Å².